The van der Waals surface area contributed by atoms with Crippen molar-refractivity contribution in [1.29, 1.82) is 0 Å². The van der Waals surface area contributed by atoms with E-state index in [0.29, 0.717) is 5.02 Å². The van der Waals surface area contributed by atoms with Gasteiger partial charge in [-0.25, -0.2) is 4.98 Å². The van der Waals surface area contributed by atoms with Gasteiger partial charge in [0.25, 0.3) is 5.56 Å². The maximum Gasteiger partial charge on any atom is 0.269 e. The molecule has 0 aromatic carbocycles. The van der Waals surface area contributed by atoms with Gasteiger partial charge in [0.05, 0.1) is 10.0 Å². The maximum absolute atomic E-state index is 11.4. The van der Waals surface area contributed by atoms with Crippen molar-refractivity contribution >= 4 is 39.1 Å². The zero-order valence-electron chi connectivity index (χ0n) is 8.04. The van der Waals surface area contributed by atoms with Gasteiger partial charge >= 0.3 is 0 Å². The van der Waals surface area contributed by atoms with E-state index < -0.39 is 11.4 Å². The van der Waals surface area contributed by atoms with Gasteiger partial charge < -0.3 is 10.1 Å². The van der Waals surface area contributed by atoms with Gasteiger partial charge in [-0.2, -0.15) is 4.98 Å². The highest BCUT2D eigenvalue weighted by molar-refractivity contribution is 9.10. The SMILES string of the molecule is O=c1[nH]c(-c2ncc(Cl)cc2Cl)nc(O)c1Br. The Morgan fingerprint density at radius 2 is 2.12 bits per heavy atom. The monoisotopic (exact) mass is 335 g/mol. The van der Waals surface area contributed by atoms with E-state index in [1.807, 2.05) is 0 Å². The number of rotatable bonds is 1. The molecule has 0 saturated heterocycles. The van der Waals surface area contributed by atoms with Gasteiger partial charge in [0.15, 0.2) is 5.82 Å². The van der Waals surface area contributed by atoms with Crippen LogP contribution in [-0.4, -0.2) is 20.1 Å². The van der Waals surface area contributed by atoms with E-state index in [-0.39, 0.29) is 21.0 Å². The normalized spacial score (nSPS) is 10.5. The lowest BCUT2D eigenvalue weighted by molar-refractivity contribution is 0.448. The second kappa shape index (κ2) is 4.64. The molecule has 0 amide bonds. The third-order valence-electron chi connectivity index (χ3n) is 1.88. The predicted molar refractivity (Wildman–Crippen MR) is 67.5 cm³/mol. The van der Waals surface area contributed by atoms with E-state index >= 15 is 0 Å². The van der Waals surface area contributed by atoms with E-state index in [1.54, 1.807) is 0 Å². The van der Waals surface area contributed by atoms with Crippen LogP contribution in [0.15, 0.2) is 21.5 Å². The van der Waals surface area contributed by atoms with Crippen LogP contribution in [-0.2, 0) is 0 Å². The molecule has 2 aromatic rings. The molecule has 0 radical (unpaired) electrons. The van der Waals surface area contributed by atoms with Gasteiger partial charge in [-0.3, -0.25) is 4.79 Å². The van der Waals surface area contributed by atoms with Crippen molar-refractivity contribution in [2.45, 2.75) is 0 Å². The van der Waals surface area contributed by atoms with Gasteiger partial charge in [-0.15, -0.1) is 0 Å². The number of aromatic nitrogens is 3. The number of pyridine rings is 1. The molecular formula is C9H4BrCl2N3O2. The first-order valence-corrected chi connectivity index (χ1v) is 5.84. The van der Waals surface area contributed by atoms with Crippen molar-refractivity contribution in [3.05, 3.63) is 37.1 Å². The van der Waals surface area contributed by atoms with Crippen molar-refractivity contribution in [2.24, 2.45) is 0 Å². The number of aromatic amines is 1. The molecule has 0 spiro atoms. The van der Waals surface area contributed by atoms with E-state index in [1.165, 1.54) is 12.3 Å². The van der Waals surface area contributed by atoms with Crippen LogP contribution >= 0.6 is 39.1 Å². The summed E-state index contributed by atoms with van der Waals surface area (Å²) in [5.74, 6) is -0.367. The third kappa shape index (κ3) is 2.43. The highest BCUT2D eigenvalue weighted by Gasteiger charge is 2.13. The molecule has 2 aromatic heterocycles. The molecule has 17 heavy (non-hydrogen) atoms. The van der Waals surface area contributed by atoms with Gasteiger partial charge in [0, 0.05) is 6.20 Å². The Kier molecular flexibility index (Phi) is 3.37. The average molecular weight is 337 g/mol. The summed E-state index contributed by atoms with van der Waals surface area (Å²) in [5, 5.41) is 10.0. The fraction of sp³-hybridized carbons (Fsp3) is 0. The first-order chi connectivity index (χ1) is 7.99. The maximum atomic E-state index is 11.4. The predicted octanol–water partition coefficient (Wildman–Crippen LogP) is 2.61. The molecule has 0 fully saturated rings. The molecule has 0 bridgehead atoms. The third-order valence-corrected chi connectivity index (χ3v) is 3.09. The van der Waals surface area contributed by atoms with Gasteiger partial charge in [0.2, 0.25) is 5.88 Å². The number of aromatic hydroxyl groups is 1. The first kappa shape index (κ1) is 12.3. The van der Waals surface area contributed by atoms with Gasteiger partial charge in [0.1, 0.15) is 10.2 Å². The summed E-state index contributed by atoms with van der Waals surface area (Å²) in [6.07, 6.45) is 1.36. The molecule has 0 aliphatic rings. The number of nitrogens with one attached hydrogen (secondary N) is 1. The first-order valence-electron chi connectivity index (χ1n) is 4.29. The number of hydrogen-bond acceptors (Lipinski definition) is 4. The fourth-order valence-electron chi connectivity index (χ4n) is 1.15. The number of hydrogen-bond donors (Lipinski definition) is 2. The fourth-order valence-corrected chi connectivity index (χ4v) is 1.81. The lowest BCUT2D eigenvalue weighted by Gasteiger charge is -2.04. The molecule has 0 aliphatic heterocycles. The number of H-pyrrole nitrogens is 1. The van der Waals surface area contributed by atoms with E-state index in [4.69, 9.17) is 23.2 Å². The second-order valence-electron chi connectivity index (χ2n) is 3.04. The molecule has 2 heterocycles. The Hall–Kier alpha value is -1.11. The lowest BCUT2D eigenvalue weighted by atomic mass is 10.3. The summed E-state index contributed by atoms with van der Waals surface area (Å²) in [7, 11) is 0. The van der Waals surface area contributed by atoms with Crippen molar-refractivity contribution in [3.63, 3.8) is 0 Å². The quantitative estimate of drug-likeness (QED) is 0.839. The summed E-state index contributed by atoms with van der Waals surface area (Å²) in [5.41, 5.74) is -0.295. The number of halogens is 3. The van der Waals surface area contributed by atoms with Crippen molar-refractivity contribution in [3.8, 4) is 17.4 Å². The Bertz CT molecular complexity index is 645. The summed E-state index contributed by atoms with van der Waals surface area (Å²) >= 11 is 14.5. The van der Waals surface area contributed by atoms with Crippen molar-refractivity contribution < 1.29 is 5.11 Å². The highest BCUT2D eigenvalue weighted by atomic mass is 79.9. The Balaban J connectivity index is 2.65. The lowest BCUT2D eigenvalue weighted by Crippen LogP contribution is -2.10. The minimum absolute atomic E-state index is 0.0497. The van der Waals surface area contributed by atoms with Crippen LogP contribution in [0.4, 0.5) is 0 Å². The molecule has 2 N–H and O–H groups in total. The minimum atomic E-state index is -0.527. The Labute approximate surface area is 114 Å². The highest BCUT2D eigenvalue weighted by Crippen LogP contribution is 2.26. The Morgan fingerprint density at radius 3 is 2.71 bits per heavy atom. The summed E-state index contributed by atoms with van der Waals surface area (Å²) in [6, 6.07) is 1.46. The molecule has 88 valence electrons. The molecular weight excluding hydrogens is 333 g/mol. The largest absolute Gasteiger partial charge is 0.492 e. The van der Waals surface area contributed by atoms with Crippen LogP contribution in [0.2, 0.25) is 10.0 Å². The van der Waals surface area contributed by atoms with Crippen LogP contribution in [0.25, 0.3) is 11.5 Å². The minimum Gasteiger partial charge on any atom is -0.492 e. The van der Waals surface area contributed by atoms with E-state index in [2.05, 4.69) is 30.9 Å². The average Bonchev–Trinajstić information content (AvgIpc) is 2.25. The molecule has 0 atom stereocenters. The zero-order valence-corrected chi connectivity index (χ0v) is 11.1. The van der Waals surface area contributed by atoms with Crippen LogP contribution in [0.1, 0.15) is 0 Å². The van der Waals surface area contributed by atoms with Crippen LogP contribution < -0.4 is 5.56 Å². The summed E-state index contributed by atoms with van der Waals surface area (Å²) in [6.45, 7) is 0. The zero-order chi connectivity index (χ0) is 12.6. The molecule has 0 unspecified atom stereocenters. The molecule has 5 nitrogen and oxygen atoms in total. The van der Waals surface area contributed by atoms with Crippen LogP contribution in [0.3, 0.4) is 0 Å². The van der Waals surface area contributed by atoms with E-state index in [9.17, 15) is 9.90 Å². The topological polar surface area (TPSA) is 78.9 Å². The Morgan fingerprint density at radius 1 is 1.41 bits per heavy atom. The summed E-state index contributed by atoms with van der Waals surface area (Å²) in [4.78, 5) is 21.5. The van der Waals surface area contributed by atoms with E-state index in [0.717, 1.165) is 0 Å². The van der Waals surface area contributed by atoms with Crippen LogP contribution in [0, 0.1) is 0 Å². The smallest absolute Gasteiger partial charge is 0.269 e. The van der Waals surface area contributed by atoms with Crippen molar-refractivity contribution in [2.75, 3.05) is 0 Å². The molecule has 2 rings (SSSR count). The van der Waals surface area contributed by atoms with Gasteiger partial charge in [-0.1, -0.05) is 23.2 Å². The summed E-state index contributed by atoms with van der Waals surface area (Å²) < 4.78 is -0.0497. The number of nitrogens with zero attached hydrogens (tertiary/aromatic N) is 2. The van der Waals surface area contributed by atoms with Gasteiger partial charge in [-0.05, 0) is 22.0 Å². The second-order valence-corrected chi connectivity index (χ2v) is 4.67. The molecule has 0 aliphatic carbocycles. The van der Waals surface area contributed by atoms with Crippen molar-refractivity contribution in [1.82, 2.24) is 15.0 Å². The molecule has 0 saturated carbocycles. The molecule has 8 heteroatoms. The van der Waals surface area contributed by atoms with Crippen LogP contribution in [0.5, 0.6) is 5.88 Å². The standard InChI is InChI=1S/C9H4BrCl2N3O2/c10-5-8(16)14-7(15-9(5)17)6-4(12)1-3(11)2-13-6/h1-2H,(H2,14,15,16,17).